The van der Waals surface area contributed by atoms with Crippen LogP contribution in [0.2, 0.25) is 0 Å². The third-order valence-corrected chi connectivity index (χ3v) is 2.67. The highest BCUT2D eigenvalue weighted by Crippen LogP contribution is 2.10. The monoisotopic (exact) mass is 205 g/mol. The molecular formula is C9H16ClNO2. The van der Waals surface area contributed by atoms with Crippen LogP contribution < -0.4 is 0 Å². The largest absolute Gasteiger partial charge is 0.375 e. The smallest absolute Gasteiger partial charge is 0.226 e. The number of morpholine rings is 1. The van der Waals surface area contributed by atoms with Gasteiger partial charge in [-0.3, -0.25) is 4.79 Å². The van der Waals surface area contributed by atoms with Crippen LogP contribution in [-0.4, -0.2) is 42.5 Å². The maximum atomic E-state index is 11.7. The number of carbonyl (C=O) groups is 1. The van der Waals surface area contributed by atoms with E-state index in [1.165, 1.54) is 0 Å². The minimum atomic E-state index is -0.0769. The Morgan fingerprint density at radius 1 is 1.77 bits per heavy atom. The number of hydrogen-bond acceptors (Lipinski definition) is 2. The molecule has 3 nitrogen and oxygen atoms in total. The topological polar surface area (TPSA) is 29.5 Å². The van der Waals surface area contributed by atoms with E-state index in [4.69, 9.17) is 16.3 Å². The lowest BCUT2D eigenvalue weighted by molar-refractivity contribution is -0.141. The van der Waals surface area contributed by atoms with E-state index >= 15 is 0 Å². The zero-order valence-corrected chi connectivity index (χ0v) is 8.88. The standard InChI is InChI=1S/C9H16ClNO2/c1-7(5-10)9(12)11-3-4-13-8(2)6-11/h7-8H,3-6H2,1-2H3. The highest BCUT2D eigenvalue weighted by Gasteiger charge is 2.24. The highest BCUT2D eigenvalue weighted by atomic mass is 35.5. The van der Waals surface area contributed by atoms with Crippen molar-refractivity contribution in [3.63, 3.8) is 0 Å². The van der Waals surface area contributed by atoms with Gasteiger partial charge in [0.1, 0.15) is 0 Å². The lowest BCUT2D eigenvalue weighted by atomic mass is 10.1. The van der Waals surface area contributed by atoms with Crippen LogP contribution in [0.25, 0.3) is 0 Å². The average Bonchev–Trinajstić information content (AvgIpc) is 2.15. The van der Waals surface area contributed by atoms with Crippen molar-refractivity contribution < 1.29 is 9.53 Å². The number of alkyl halides is 1. The lowest BCUT2D eigenvalue weighted by Gasteiger charge is -2.32. The Morgan fingerprint density at radius 2 is 2.46 bits per heavy atom. The fourth-order valence-corrected chi connectivity index (χ4v) is 1.53. The van der Waals surface area contributed by atoms with Crippen LogP contribution in [-0.2, 0) is 9.53 Å². The number of rotatable bonds is 2. The molecule has 76 valence electrons. The van der Waals surface area contributed by atoms with Gasteiger partial charge in [0.2, 0.25) is 5.91 Å². The number of hydrogen-bond donors (Lipinski definition) is 0. The second kappa shape index (κ2) is 4.82. The normalized spacial score (nSPS) is 25.8. The molecule has 1 aliphatic rings. The van der Waals surface area contributed by atoms with Gasteiger partial charge >= 0.3 is 0 Å². The first kappa shape index (κ1) is 10.8. The summed E-state index contributed by atoms with van der Waals surface area (Å²) in [6.45, 7) is 5.87. The van der Waals surface area contributed by atoms with Crippen molar-refractivity contribution >= 4 is 17.5 Å². The molecule has 0 aromatic carbocycles. The minimum absolute atomic E-state index is 0.0769. The van der Waals surface area contributed by atoms with Crippen LogP contribution in [0.15, 0.2) is 0 Å². The van der Waals surface area contributed by atoms with Crippen LogP contribution >= 0.6 is 11.6 Å². The van der Waals surface area contributed by atoms with Crippen LogP contribution in [0.1, 0.15) is 13.8 Å². The summed E-state index contributed by atoms with van der Waals surface area (Å²) < 4.78 is 5.34. The second-order valence-corrected chi connectivity index (χ2v) is 3.83. The molecule has 13 heavy (non-hydrogen) atoms. The minimum Gasteiger partial charge on any atom is -0.375 e. The SMILES string of the molecule is CC1CN(C(=O)C(C)CCl)CCO1. The van der Waals surface area contributed by atoms with Gasteiger partial charge in [-0.05, 0) is 6.92 Å². The summed E-state index contributed by atoms with van der Waals surface area (Å²) in [5.74, 6) is 0.460. The van der Waals surface area contributed by atoms with Gasteiger partial charge < -0.3 is 9.64 Å². The Labute approximate surface area is 84.0 Å². The first-order valence-electron chi connectivity index (χ1n) is 4.61. The number of halogens is 1. The Kier molecular flexibility index (Phi) is 4.00. The predicted octanol–water partition coefficient (Wildman–Crippen LogP) is 1.11. The summed E-state index contributed by atoms with van der Waals surface area (Å²) >= 11 is 5.62. The summed E-state index contributed by atoms with van der Waals surface area (Å²) in [4.78, 5) is 13.5. The maximum absolute atomic E-state index is 11.7. The van der Waals surface area contributed by atoms with Crippen molar-refractivity contribution in [3.05, 3.63) is 0 Å². The van der Waals surface area contributed by atoms with Gasteiger partial charge in [-0.15, -0.1) is 11.6 Å². The molecule has 0 spiro atoms. The number of ether oxygens (including phenoxy) is 1. The molecule has 0 bridgehead atoms. The molecule has 1 fully saturated rings. The third kappa shape index (κ3) is 2.85. The lowest BCUT2D eigenvalue weighted by Crippen LogP contribution is -2.46. The van der Waals surface area contributed by atoms with E-state index in [0.717, 1.165) is 0 Å². The molecule has 0 radical (unpaired) electrons. The molecule has 0 aromatic rings. The Morgan fingerprint density at radius 3 is 3.00 bits per heavy atom. The van der Waals surface area contributed by atoms with Crippen molar-refractivity contribution in [2.24, 2.45) is 5.92 Å². The van der Waals surface area contributed by atoms with E-state index in [1.54, 1.807) is 0 Å². The molecular weight excluding hydrogens is 190 g/mol. The van der Waals surface area contributed by atoms with E-state index in [1.807, 2.05) is 18.7 Å². The van der Waals surface area contributed by atoms with Gasteiger partial charge in [0.15, 0.2) is 0 Å². The average molecular weight is 206 g/mol. The quantitative estimate of drug-likeness (QED) is 0.633. The summed E-state index contributed by atoms with van der Waals surface area (Å²) in [6, 6.07) is 0. The Bertz CT molecular complexity index is 186. The number of amides is 1. The molecule has 1 rings (SSSR count). The number of carbonyl (C=O) groups excluding carboxylic acids is 1. The van der Waals surface area contributed by atoms with Gasteiger partial charge in [0.25, 0.3) is 0 Å². The zero-order chi connectivity index (χ0) is 9.84. The van der Waals surface area contributed by atoms with Gasteiger partial charge in [0, 0.05) is 24.9 Å². The molecule has 4 heteroatoms. The summed E-state index contributed by atoms with van der Waals surface area (Å²) in [6.07, 6.45) is 0.153. The summed E-state index contributed by atoms with van der Waals surface area (Å²) in [5.41, 5.74) is 0. The van der Waals surface area contributed by atoms with E-state index in [9.17, 15) is 4.79 Å². The van der Waals surface area contributed by atoms with Gasteiger partial charge in [-0.1, -0.05) is 6.92 Å². The van der Waals surface area contributed by atoms with E-state index in [2.05, 4.69) is 0 Å². The maximum Gasteiger partial charge on any atom is 0.226 e. The fraction of sp³-hybridized carbons (Fsp3) is 0.889. The van der Waals surface area contributed by atoms with Crippen molar-refractivity contribution in [2.45, 2.75) is 20.0 Å². The molecule has 0 saturated carbocycles. The zero-order valence-electron chi connectivity index (χ0n) is 8.12. The molecule has 1 saturated heterocycles. The summed E-state index contributed by atoms with van der Waals surface area (Å²) in [7, 11) is 0. The molecule has 0 aliphatic carbocycles. The van der Waals surface area contributed by atoms with E-state index in [0.29, 0.717) is 25.6 Å². The second-order valence-electron chi connectivity index (χ2n) is 3.52. The summed E-state index contributed by atoms with van der Waals surface area (Å²) in [5, 5.41) is 0. The Balaban J connectivity index is 2.46. The third-order valence-electron chi connectivity index (χ3n) is 2.21. The van der Waals surface area contributed by atoms with E-state index in [-0.39, 0.29) is 17.9 Å². The van der Waals surface area contributed by atoms with Gasteiger partial charge in [-0.25, -0.2) is 0 Å². The van der Waals surface area contributed by atoms with Crippen LogP contribution in [0.5, 0.6) is 0 Å². The fourth-order valence-electron chi connectivity index (χ4n) is 1.40. The first-order chi connectivity index (χ1) is 6.15. The molecule has 2 atom stereocenters. The van der Waals surface area contributed by atoms with Crippen molar-refractivity contribution in [3.8, 4) is 0 Å². The molecule has 1 amide bonds. The van der Waals surface area contributed by atoms with Crippen LogP contribution in [0.4, 0.5) is 0 Å². The first-order valence-corrected chi connectivity index (χ1v) is 5.15. The molecule has 0 N–H and O–H groups in total. The van der Waals surface area contributed by atoms with E-state index < -0.39 is 0 Å². The highest BCUT2D eigenvalue weighted by molar-refractivity contribution is 6.19. The number of nitrogens with zero attached hydrogens (tertiary/aromatic N) is 1. The van der Waals surface area contributed by atoms with Crippen molar-refractivity contribution in [1.82, 2.24) is 4.90 Å². The van der Waals surface area contributed by atoms with Gasteiger partial charge in [0.05, 0.1) is 12.7 Å². The predicted molar refractivity (Wildman–Crippen MR) is 51.9 cm³/mol. The van der Waals surface area contributed by atoms with Crippen LogP contribution in [0, 0.1) is 5.92 Å². The van der Waals surface area contributed by atoms with Crippen LogP contribution in [0.3, 0.4) is 0 Å². The van der Waals surface area contributed by atoms with Crippen molar-refractivity contribution in [2.75, 3.05) is 25.6 Å². The molecule has 2 unspecified atom stereocenters. The Hall–Kier alpha value is -0.280. The molecule has 1 aliphatic heterocycles. The molecule has 0 aromatic heterocycles. The van der Waals surface area contributed by atoms with Gasteiger partial charge in [-0.2, -0.15) is 0 Å². The van der Waals surface area contributed by atoms with Crippen molar-refractivity contribution in [1.29, 1.82) is 0 Å². The molecule has 1 heterocycles.